The summed E-state index contributed by atoms with van der Waals surface area (Å²) in [5.41, 5.74) is 4.30. The van der Waals surface area contributed by atoms with E-state index in [4.69, 9.17) is 12.8 Å². The summed E-state index contributed by atoms with van der Waals surface area (Å²) in [6.45, 7) is 3.53. The third-order valence-corrected chi connectivity index (χ3v) is 6.21. The van der Waals surface area contributed by atoms with Crippen LogP contribution in [0.5, 0.6) is 0 Å². The molecule has 5 rings (SSSR count). The lowest BCUT2D eigenvalue weighted by Gasteiger charge is -2.32. The lowest BCUT2D eigenvalue weighted by atomic mass is 9.93. The number of carbonyl (C=O) groups excluding carboxylic acids is 1. The number of urea groups is 1. The number of piperidine rings is 1. The molecule has 2 amide bonds. The van der Waals surface area contributed by atoms with Crippen LogP contribution in [0.2, 0.25) is 0 Å². The molecule has 8 nitrogen and oxygen atoms in total. The number of pyridine rings is 1. The second kappa shape index (κ2) is 9.73. The molecule has 0 atom stereocenters. The number of anilines is 2. The Hall–Kier alpha value is -3.95. The maximum atomic E-state index is 13.7. The Balaban J connectivity index is 1.28. The third kappa shape index (κ3) is 5.11. The van der Waals surface area contributed by atoms with Gasteiger partial charge < -0.3 is 15.5 Å². The van der Waals surface area contributed by atoms with Gasteiger partial charge in [0, 0.05) is 61.6 Å². The highest BCUT2D eigenvalue weighted by Gasteiger charge is 2.26. The summed E-state index contributed by atoms with van der Waals surface area (Å²) in [6.07, 6.45) is 6.67. The minimum Gasteiger partial charge on any atom is -0.366 e. The summed E-state index contributed by atoms with van der Waals surface area (Å²) < 4.78 is 15.4. The van der Waals surface area contributed by atoms with E-state index >= 15 is 0 Å². The van der Waals surface area contributed by atoms with Crippen molar-refractivity contribution < 1.29 is 9.18 Å². The first-order valence-corrected chi connectivity index (χ1v) is 11.6. The van der Waals surface area contributed by atoms with Gasteiger partial charge in [-0.05, 0) is 60.6 Å². The van der Waals surface area contributed by atoms with E-state index in [1.54, 1.807) is 34.8 Å². The number of halogens is 1. The zero-order chi connectivity index (χ0) is 24.4. The number of aryl methyl sites for hydroxylation is 1. The van der Waals surface area contributed by atoms with Crippen molar-refractivity contribution in [2.45, 2.75) is 32.2 Å². The monoisotopic (exact) mass is 469 g/mol. The number of hydrogen-bond donors (Lipinski definition) is 2. The normalized spacial score (nSPS) is 14.3. The van der Waals surface area contributed by atoms with E-state index < -0.39 is 0 Å². The molecular formula is C25H25BFN7O. The molecule has 1 aromatic carbocycles. The fraction of sp³-hybridized carbons (Fsp3) is 0.280. The second-order valence-corrected chi connectivity index (χ2v) is 8.83. The smallest absolute Gasteiger partial charge is 0.321 e. The molecule has 0 unspecified atom stereocenters. The van der Waals surface area contributed by atoms with Gasteiger partial charge in [-0.15, -0.1) is 0 Å². The number of fused-ring (bicyclic) bond motifs is 1. The number of rotatable bonds is 5. The molecule has 0 spiro atoms. The van der Waals surface area contributed by atoms with E-state index in [2.05, 4.69) is 20.7 Å². The van der Waals surface area contributed by atoms with Gasteiger partial charge in [-0.1, -0.05) is 6.07 Å². The fourth-order valence-corrected chi connectivity index (χ4v) is 4.42. The summed E-state index contributed by atoms with van der Waals surface area (Å²) in [5, 5.41) is 10.6. The number of nitrogens with one attached hydrogen (secondary N) is 2. The molecule has 1 saturated heterocycles. The van der Waals surface area contributed by atoms with Crippen molar-refractivity contribution in [3.63, 3.8) is 0 Å². The van der Waals surface area contributed by atoms with Crippen LogP contribution in [-0.4, -0.2) is 51.4 Å². The number of nitrogens with zero attached hydrogens (tertiary/aromatic N) is 5. The van der Waals surface area contributed by atoms with Crippen molar-refractivity contribution in [3.05, 3.63) is 77.6 Å². The zero-order valence-electron chi connectivity index (χ0n) is 19.4. The average Bonchev–Trinajstić information content (AvgIpc) is 3.23. The highest BCUT2D eigenvalue weighted by atomic mass is 19.1. The summed E-state index contributed by atoms with van der Waals surface area (Å²) in [5.74, 6) is 0.605. The van der Waals surface area contributed by atoms with Crippen LogP contribution in [0, 0.1) is 12.7 Å². The van der Waals surface area contributed by atoms with E-state index in [9.17, 15) is 9.18 Å². The average molecular weight is 469 g/mol. The largest absolute Gasteiger partial charge is 0.366 e. The fourth-order valence-electron chi connectivity index (χ4n) is 4.42. The first kappa shape index (κ1) is 22.8. The molecule has 2 radical (unpaired) electrons. The number of hydrogen-bond acceptors (Lipinski definition) is 5. The van der Waals surface area contributed by atoms with Gasteiger partial charge in [-0.3, -0.25) is 4.98 Å². The quantitative estimate of drug-likeness (QED) is 0.438. The molecular weight excluding hydrogens is 444 g/mol. The highest BCUT2D eigenvalue weighted by molar-refractivity contribution is 6.36. The van der Waals surface area contributed by atoms with Crippen molar-refractivity contribution in [2.24, 2.45) is 0 Å². The van der Waals surface area contributed by atoms with E-state index in [1.165, 1.54) is 12.1 Å². The van der Waals surface area contributed by atoms with Crippen molar-refractivity contribution >= 4 is 36.5 Å². The Kier molecular flexibility index (Phi) is 6.35. The predicted molar refractivity (Wildman–Crippen MR) is 134 cm³/mol. The van der Waals surface area contributed by atoms with Crippen molar-refractivity contribution in [3.8, 4) is 0 Å². The molecule has 0 aliphatic carbocycles. The molecule has 0 saturated carbocycles. The number of carbonyl (C=O) groups is 1. The Morgan fingerprint density at radius 2 is 2.03 bits per heavy atom. The van der Waals surface area contributed by atoms with Crippen LogP contribution in [0.3, 0.4) is 0 Å². The molecule has 10 heteroatoms. The molecule has 176 valence electrons. The number of likely N-dealkylation sites (tertiary alicyclic amines) is 1. The Morgan fingerprint density at radius 1 is 1.20 bits per heavy atom. The van der Waals surface area contributed by atoms with Gasteiger partial charge in [0.05, 0.1) is 0 Å². The van der Waals surface area contributed by atoms with Crippen molar-refractivity contribution in [1.82, 2.24) is 24.5 Å². The van der Waals surface area contributed by atoms with Crippen LogP contribution in [0.1, 0.15) is 35.6 Å². The topological polar surface area (TPSA) is 87.5 Å². The number of amides is 2. The number of benzene rings is 1. The van der Waals surface area contributed by atoms with Gasteiger partial charge >= 0.3 is 6.03 Å². The third-order valence-electron chi connectivity index (χ3n) is 6.21. The lowest BCUT2D eigenvalue weighted by Crippen LogP contribution is -2.40. The van der Waals surface area contributed by atoms with Crippen LogP contribution in [-0.2, 0) is 6.54 Å². The highest BCUT2D eigenvalue weighted by Crippen LogP contribution is 2.29. The maximum absolute atomic E-state index is 13.7. The zero-order valence-corrected chi connectivity index (χ0v) is 19.4. The Labute approximate surface area is 204 Å². The molecule has 1 aliphatic rings. The summed E-state index contributed by atoms with van der Waals surface area (Å²) in [7, 11) is 6.14. The van der Waals surface area contributed by atoms with Gasteiger partial charge in [0.1, 0.15) is 25.1 Å². The molecule has 4 heterocycles. The molecule has 4 aromatic rings. The molecule has 35 heavy (non-hydrogen) atoms. The predicted octanol–water partition coefficient (Wildman–Crippen LogP) is 3.39. The molecule has 1 fully saturated rings. The standard InChI is InChI=1S/C25H25BFN7O/c1-16-9-19(27)11-20(10-16)31-25(35)33-7-4-18(5-8-33)22-12-23(29-14-17-3-2-6-28-13-17)34-24(32-22)21(26)15-30-34/h2-3,6,9-13,15,18,29H,4-5,7-8,14H2,1H3,(H,31,35). The van der Waals surface area contributed by atoms with Crippen molar-refractivity contribution in [2.75, 3.05) is 23.7 Å². The summed E-state index contributed by atoms with van der Waals surface area (Å²) in [4.78, 5) is 23.4. The minimum atomic E-state index is -0.368. The van der Waals surface area contributed by atoms with Crippen LogP contribution >= 0.6 is 0 Å². The van der Waals surface area contributed by atoms with E-state index in [-0.39, 0.29) is 17.8 Å². The van der Waals surface area contributed by atoms with Gasteiger partial charge in [0.15, 0.2) is 0 Å². The first-order valence-electron chi connectivity index (χ1n) is 11.6. The van der Waals surface area contributed by atoms with Crippen molar-refractivity contribution in [1.29, 1.82) is 0 Å². The van der Waals surface area contributed by atoms with Crippen LogP contribution in [0.25, 0.3) is 5.65 Å². The Bertz CT molecular complexity index is 1330. The molecule has 1 aliphatic heterocycles. The Morgan fingerprint density at radius 3 is 2.77 bits per heavy atom. The van der Waals surface area contributed by atoms with Crippen LogP contribution in [0.4, 0.5) is 20.7 Å². The van der Waals surface area contributed by atoms with Gasteiger partial charge in [0.25, 0.3) is 0 Å². The van der Waals surface area contributed by atoms with E-state index in [0.717, 1.165) is 35.5 Å². The maximum Gasteiger partial charge on any atom is 0.321 e. The van der Waals surface area contributed by atoms with Gasteiger partial charge in [-0.25, -0.2) is 14.2 Å². The SMILES string of the molecule is [B]c1cnn2c(NCc3cccnc3)cc(C3CCN(C(=O)Nc4cc(C)cc(F)c4)CC3)nc12. The lowest BCUT2D eigenvalue weighted by molar-refractivity contribution is 0.194. The molecule has 2 N–H and O–H groups in total. The van der Waals surface area contributed by atoms with Gasteiger partial charge in [-0.2, -0.15) is 9.61 Å². The first-order chi connectivity index (χ1) is 17.0. The van der Waals surface area contributed by atoms with Crippen LogP contribution in [0.15, 0.2) is 55.0 Å². The van der Waals surface area contributed by atoms with Gasteiger partial charge in [0.2, 0.25) is 0 Å². The van der Waals surface area contributed by atoms with E-state index in [1.807, 2.05) is 24.4 Å². The second-order valence-electron chi connectivity index (χ2n) is 8.83. The summed E-state index contributed by atoms with van der Waals surface area (Å²) in [6, 6.07) is 10.2. The number of aromatic nitrogens is 4. The molecule has 3 aromatic heterocycles. The van der Waals surface area contributed by atoms with E-state index in [0.29, 0.717) is 36.4 Å². The minimum absolute atomic E-state index is 0.175. The molecule has 0 bridgehead atoms. The summed E-state index contributed by atoms with van der Waals surface area (Å²) >= 11 is 0. The van der Waals surface area contributed by atoms with Crippen LogP contribution < -0.4 is 16.1 Å².